The van der Waals surface area contributed by atoms with E-state index in [0.29, 0.717) is 5.69 Å². The molecule has 2 heterocycles. The van der Waals surface area contributed by atoms with Crippen molar-refractivity contribution < 1.29 is 4.74 Å². The van der Waals surface area contributed by atoms with E-state index < -0.39 is 0 Å². The van der Waals surface area contributed by atoms with Crippen LogP contribution >= 0.6 is 0 Å². The van der Waals surface area contributed by atoms with Crippen molar-refractivity contribution in [1.82, 2.24) is 9.38 Å². The number of para-hydroxylation sites is 1. The van der Waals surface area contributed by atoms with Crippen LogP contribution in [0.2, 0.25) is 0 Å². The van der Waals surface area contributed by atoms with Crippen LogP contribution in [-0.2, 0) is 0 Å². The molecule has 0 aliphatic heterocycles. The lowest BCUT2D eigenvalue weighted by Crippen LogP contribution is -1.92. The van der Waals surface area contributed by atoms with Crippen molar-refractivity contribution in [3.8, 4) is 23.2 Å². The first-order valence-corrected chi connectivity index (χ1v) is 7.26. The molecule has 4 nitrogen and oxygen atoms in total. The highest BCUT2D eigenvalue weighted by Crippen LogP contribution is 2.28. The molecule has 0 saturated carbocycles. The number of aromatic nitrogens is 2. The van der Waals surface area contributed by atoms with Crippen LogP contribution in [0, 0.1) is 11.3 Å². The number of methoxy groups -OCH3 is 1. The topological polar surface area (TPSA) is 50.3 Å². The second-order valence-electron chi connectivity index (χ2n) is 5.24. The molecule has 4 rings (SSSR count). The minimum absolute atomic E-state index is 0.432. The smallest absolute Gasteiger partial charge is 0.166 e. The first kappa shape index (κ1) is 13.4. The molecule has 0 unspecified atom stereocenters. The van der Waals surface area contributed by atoms with Crippen LogP contribution in [0.25, 0.3) is 27.8 Å². The van der Waals surface area contributed by atoms with Crippen LogP contribution in [0.5, 0.6) is 5.75 Å². The summed E-state index contributed by atoms with van der Waals surface area (Å²) in [7, 11) is 1.64. The number of rotatable bonds is 2. The molecule has 2 aromatic heterocycles. The van der Waals surface area contributed by atoms with E-state index in [4.69, 9.17) is 4.74 Å². The maximum atomic E-state index is 9.40. The summed E-state index contributed by atoms with van der Waals surface area (Å²) in [5.74, 6) is 1.55. The Morgan fingerprint density at radius 3 is 2.48 bits per heavy atom. The van der Waals surface area contributed by atoms with Crippen LogP contribution in [0.1, 0.15) is 5.69 Å². The zero-order valence-corrected chi connectivity index (χ0v) is 12.5. The number of benzene rings is 2. The third-order valence-electron chi connectivity index (χ3n) is 3.97. The summed E-state index contributed by atoms with van der Waals surface area (Å²) in [4.78, 5) is 4.54. The van der Waals surface area contributed by atoms with E-state index in [1.54, 1.807) is 7.11 Å². The maximum absolute atomic E-state index is 9.40. The lowest BCUT2D eigenvalue weighted by atomic mass is 10.1. The molecule has 0 amide bonds. The van der Waals surface area contributed by atoms with Gasteiger partial charge in [0, 0.05) is 5.56 Å². The fourth-order valence-corrected chi connectivity index (χ4v) is 2.85. The Bertz CT molecular complexity index is 1060. The van der Waals surface area contributed by atoms with Crippen molar-refractivity contribution >= 4 is 16.4 Å². The number of hydrogen-bond acceptors (Lipinski definition) is 3. The van der Waals surface area contributed by atoms with Crippen molar-refractivity contribution in [2.75, 3.05) is 7.11 Å². The predicted molar refractivity (Wildman–Crippen MR) is 89.4 cm³/mol. The lowest BCUT2D eigenvalue weighted by Gasteiger charge is -2.07. The second kappa shape index (κ2) is 5.15. The Morgan fingerprint density at radius 1 is 0.957 bits per heavy atom. The summed E-state index contributed by atoms with van der Waals surface area (Å²) in [5.41, 5.74) is 3.22. The lowest BCUT2D eigenvalue weighted by molar-refractivity contribution is 0.415. The fraction of sp³-hybridized carbons (Fsp3) is 0.0526. The SMILES string of the molecule is COc1ccc(-c2nc(C#N)c3ccc4ccccc4n23)cc1. The number of pyridine rings is 1. The Hall–Kier alpha value is -3.32. The van der Waals surface area contributed by atoms with Gasteiger partial charge in [-0.2, -0.15) is 5.26 Å². The number of nitrogens with zero attached hydrogens (tertiary/aromatic N) is 3. The zero-order chi connectivity index (χ0) is 15.8. The van der Waals surface area contributed by atoms with Crippen LogP contribution < -0.4 is 4.74 Å². The Labute approximate surface area is 133 Å². The molecule has 0 saturated heterocycles. The molecule has 0 aliphatic carbocycles. The molecule has 0 bridgehead atoms. The monoisotopic (exact) mass is 299 g/mol. The van der Waals surface area contributed by atoms with Gasteiger partial charge in [-0.3, -0.25) is 4.40 Å². The summed E-state index contributed by atoms with van der Waals surface area (Å²) < 4.78 is 7.25. The molecular formula is C19H13N3O. The summed E-state index contributed by atoms with van der Waals surface area (Å²) in [6.07, 6.45) is 0. The van der Waals surface area contributed by atoms with E-state index >= 15 is 0 Å². The quantitative estimate of drug-likeness (QED) is 0.561. The highest BCUT2D eigenvalue weighted by Gasteiger charge is 2.14. The van der Waals surface area contributed by atoms with Gasteiger partial charge in [0.15, 0.2) is 5.69 Å². The molecule has 0 aliphatic rings. The van der Waals surface area contributed by atoms with Gasteiger partial charge >= 0.3 is 0 Å². The molecule has 0 N–H and O–H groups in total. The predicted octanol–water partition coefficient (Wildman–Crippen LogP) is 4.03. The average Bonchev–Trinajstić information content (AvgIpc) is 3.01. The van der Waals surface area contributed by atoms with E-state index in [9.17, 15) is 5.26 Å². The van der Waals surface area contributed by atoms with Crippen LogP contribution in [0.4, 0.5) is 0 Å². The van der Waals surface area contributed by atoms with Gasteiger partial charge in [-0.25, -0.2) is 4.98 Å². The zero-order valence-electron chi connectivity index (χ0n) is 12.5. The third kappa shape index (κ3) is 2.02. The average molecular weight is 299 g/mol. The molecule has 0 fully saturated rings. The summed E-state index contributed by atoms with van der Waals surface area (Å²) in [6, 6.07) is 21.9. The molecule has 4 heteroatoms. The fourth-order valence-electron chi connectivity index (χ4n) is 2.85. The minimum atomic E-state index is 0.432. The van der Waals surface area contributed by atoms with Crippen LogP contribution in [0.3, 0.4) is 0 Å². The van der Waals surface area contributed by atoms with Crippen molar-refractivity contribution in [3.05, 3.63) is 66.4 Å². The Kier molecular flexibility index (Phi) is 2.99. The Morgan fingerprint density at radius 2 is 1.74 bits per heavy atom. The molecule has 0 radical (unpaired) electrons. The first-order valence-electron chi connectivity index (χ1n) is 7.26. The maximum Gasteiger partial charge on any atom is 0.166 e. The van der Waals surface area contributed by atoms with Gasteiger partial charge in [0.05, 0.1) is 18.1 Å². The molecule has 0 spiro atoms. The molecule has 0 atom stereocenters. The highest BCUT2D eigenvalue weighted by atomic mass is 16.5. The first-order chi connectivity index (χ1) is 11.3. The van der Waals surface area contributed by atoms with Gasteiger partial charge in [-0.05, 0) is 41.8 Å². The highest BCUT2D eigenvalue weighted by molar-refractivity contribution is 5.86. The van der Waals surface area contributed by atoms with Crippen molar-refractivity contribution in [2.24, 2.45) is 0 Å². The van der Waals surface area contributed by atoms with Crippen LogP contribution in [0.15, 0.2) is 60.7 Å². The van der Waals surface area contributed by atoms with E-state index in [1.807, 2.05) is 59.0 Å². The van der Waals surface area contributed by atoms with Gasteiger partial charge in [0.25, 0.3) is 0 Å². The van der Waals surface area contributed by atoms with Gasteiger partial charge < -0.3 is 4.74 Å². The normalized spacial score (nSPS) is 10.8. The standard InChI is InChI=1S/C19H13N3O/c1-23-15-9-6-14(7-10-15)19-21-16(12-20)18-11-8-13-4-2-3-5-17(13)22(18)19/h2-11H,1H3. The number of ether oxygens (including phenoxy) is 1. The van der Waals surface area contributed by atoms with Gasteiger partial charge in [-0.15, -0.1) is 0 Å². The van der Waals surface area contributed by atoms with Crippen molar-refractivity contribution in [2.45, 2.75) is 0 Å². The number of imidazole rings is 1. The largest absolute Gasteiger partial charge is 0.497 e. The second-order valence-corrected chi connectivity index (χ2v) is 5.24. The third-order valence-corrected chi connectivity index (χ3v) is 3.97. The molecule has 110 valence electrons. The molecular weight excluding hydrogens is 286 g/mol. The van der Waals surface area contributed by atoms with E-state index in [-0.39, 0.29) is 0 Å². The van der Waals surface area contributed by atoms with Crippen molar-refractivity contribution in [1.29, 1.82) is 5.26 Å². The molecule has 4 aromatic rings. The van der Waals surface area contributed by atoms with Gasteiger partial charge in [0.1, 0.15) is 17.6 Å². The summed E-state index contributed by atoms with van der Waals surface area (Å²) in [5, 5.41) is 10.5. The minimum Gasteiger partial charge on any atom is -0.497 e. The van der Waals surface area contributed by atoms with E-state index in [1.165, 1.54) is 0 Å². The number of nitriles is 1. The van der Waals surface area contributed by atoms with Crippen molar-refractivity contribution in [3.63, 3.8) is 0 Å². The van der Waals surface area contributed by atoms with E-state index in [0.717, 1.165) is 33.6 Å². The molecule has 2 aromatic carbocycles. The Balaban J connectivity index is 2.09. The summed E-state index contributed by atoms with van der Waals surface area (Å²) >= 11 is 0. The van der Waals surface area contributed by atoms with Gasteiger partial charge in [0.2, 0.25) is 0 Å². The van der Waals surface area contributed by atoms with Crippen LogP contribution in [-0.4, -0.2) is 16.5 Å². The summed E-state index contributed by atoms with van der Waals surface area (Å²) in [6.45, 7) is 0. The van der Waals surface area contributed by atoms with E-state index in [2.05, 4.69) is 17.1 Å². The number of fused-ring (bicyclic) bond motifs is 3. The molecule has 23 heavy (non-hydrogen) atoms. The number of hydrogen-bond donors (Lipinski definition) is 0. The van der Waals surface area contributed by atoms with Gasteiger partial charge in [-0.1, -0.05) is 24.3 Å².